The molecule has 204 valence electrons. The van der Waals surface area contributed by atoms with E-state index in [-0.39, 0.29) is 6.85 Å². The summed E-state index contributed by atoms with van der Waals surface area (Å²) in [7, 11) is 0. The fraction of sp³-hybridized carbons (Fsp3) is 0. The van der Waals surface area contributed by atoms with Crippen LogP contribution < -0.4 is 15.7 Å². The molecule has 4 heteroatoms. The summed E-state index contributed by atoms with van der Waals surface area (Å²) in [6.45, 7) is 0.0903. The van der Waals surface area contributed by atoms with Crippen LogP contribution in [0.15, 0.2) is 158 Å². The lowest BCUT2D eigenvalue weighted by molar-refractivity contribution is 1.30. The first-order chi connectivity index (χ1) is 21.8. The van der Waals surface area contributed by atoms with E-state index < -0.39 is 0 Å². The number of aromatic nitrogens is 2. The Morgan fingerprint density at radius 1 is 0.386 bits per heavy atom. The van der Waals surface area contributed by atoms with Gasteiger partial charge in [-0.1, -0.05) is 91.0 Å². The number of anilines is 2. The van der Waals surface area contributed by atoms with E-state index in [1.54, 1.807) is 0 Å². The van der Waals surface area contributed by atoms with Crippen LogP contribution >= 0.6 is 0 Å². The highest BCUT2D eigenvalue weighted by atomic mass is 15.1. The Morgan fingerprint density at radius 2 is 0.909 bits per heavy atom. The molecule has 0 N–H and O–H groups in total. The van der Waals surface area contributed by atoms with Crippen LogP contribution in [0.25, 0.3) is 55.6 Å². The normalized spacial score (nSPS) is 12.5. The van der Waals surface area contributed by atoms with Gasteiger partial charge in [0, 0.05) is 58.4 Å². The van der Waals surface area contributed by atoms with Gasteiger partial charge in [-0.05, 0) is 86.8 Å². The summed E-state index contributed by atoms with van der Waals surface area (Å²) in [6, 6.07) is 48.6. The number of hydrogen-bond donors (Lipinski definition) is 0. The Bertz CT molecular complexity index is 2190. The molecule has 0 fully saturated rings. The SMILES string of the molecule is c1ccc(-c2ccc3c(c2)-c2ccccc2B2c4ccccc4-c4cc(-c5cncc(-c6ccncc6)c5)ccc4N23)cc1. The Morgan fingerprint density at radius 3 is 1.55 bits per heavy atom. The number of rotatable bonds is 3. The number of pyridine rings is 2. The summed E-state index contributed by atoms with van der Waals surface area (Å²) in [6.07, 6.45) is 7.53. The maximum Gasteiger partial charge on any atom is 0.329 e. The fourth-order valence-corrected chi connectivity index (χ4v) is 7.03. The molecule has 2 aliphatic heterocycles. The molecular formula is C40H26BN3. The van der Waals surface area contributed by atoms with Gasteiger partial charge in [-0.3, -0.25) is 9.97 Å². The van der Waals surface area contributed by atoms with Crippen molar-refractivity contribution in [3.63, 3.8) is 0 Å². The van der Waals surface area contributed by atoms with Gasteiger partial charge < -0.3 is 4.81 Å². The van der Waals surface area contributed by atoms with Crippen LogP contribution in [0.4, 0.5) is 11.4 Å². The molecule has 0 unspecified atom stereocenters. The number of nitrogens with zero attached hydrogens (tertiary/aromatic N) is 3. The van der Waals surface area contributed by atoms with Gasteiger partial charge in [0.05, 0.1) is 0 Å². The molecule has 0 spiro atoms. The Hall–Kier alpha value is -5.74. The summed E-state index contributed by atoms with van der Waals surface area (Å²) in [5.41, 5.74) is 17.1. The van der Waals surface area contributed by atoms with Gasteiger partial charge in [-0.2, -0.15) is 0 Å². The van der Waals surface area contributed by atoms with Crippen molar-refractivity contribution in [3.05, 3.63) is 158 Å². The quantitative estimate of drug-likeness (QED) is 0.204. The molecule has 5 aromatic carbocycles. The highest BCUT2D eigenvalue weighted by Crippen LogP contribution is 2.47. The smallest absolute Gasteiger partial charge is 0.329 e. The molecule has 3 nitrogen and oxygen atoms in total. The Balaban J connectivity index is 1.24. The Labute approximate surface area is 257 Å². The van der Waals surface area contributed by atoms with Crippen LogP contribution in [-0.2, 0) is 0 Å². The number of fused-ring (bicyclic) bond motifs is 11. The van der Waals surface area contributed by atoms with Crippen LogP contribution in [0.2, 0.25) is 0 Å². The van der Waals surface area contributed by atoms with Crippen molar-refractivity contribution in [2.75, 3.05) is 4.81 Å². The second kappa shape index (κ2) is 9.93. The van der Waals surface area contributed by atoms with Gasteiger partial charge in [-0.25, -0.2) is 0 Å². The first-order valence-corrected chi connectivity index (χ1v) is 15.0. The molecule has 0 atom stereocenters. The summed E-state index contributed by atoms with van der Waals surface area (Å²) in [4.78, 5) is 11.4. The molecule has 0 amide bonds. The van der Waals surface area contributed by atoms with E-state index in [0.29, 0.717) is 0 Å². The summed E-state index contributed by atoms with van der Waals surface area (Å²) < 4.78 is 0. The standard InChI is InChI=1S/C40H26BN3/c1-2-8-27(9-3-1)29-14-16-39-35(23-29)33-10-4-6-12-37(33)41-38-13-7-5-11-34(38)36-24-30(15-17-40(36)44(39)41)32-22-31(25-43-26-32)28-18-20-42-21-19-28/h1-26H. The third-order valence-corrected chi connectivity index (χ3v) is 9.05. The van der Waals surface area contributed by atoms with Gasteiger partial charge in [0.25, 0.3) is 0 Å². The van der Waals surface area contributed by atoms with E-state index in [4.69, 9.17) is 0 Å². The molecule has 0 saturated heterocycles. The van der Waals surface area contributed by atoms with Crippen LogP contribution in [-0.4, -0.2) is 16.8 Å². The van der Waals surface area contributed by atoms with Crippen molar-refractivity contribution in [1.29, 1.82) is 0 Å². The van der Waals surface area contributed by atoms with E-state index in [1.165, 1.54) is 55.7 Å². The molecule has 2 aromatic heterocycles. The summed E-state index contributed by atoms with van der Waals surface area (Å²) in [5, 5.41) is 0. The van der Waals surface area contributed by atoms with Gasteiger partial charge in [0.1, 0.15) is 0 Å². The third-order valence-electron chi connectivity index (χ3n) is 9.05. The van der Waals surface area contributed by atoms with Crippen LogP contribution in [0.1, 0.15) is 0 Å². The Kier molecular flexibility index (Phi) is 5.60. The topological polar surface area (TPSA) is 29.0 Å². The third kappa shape index (κ3) is 3.85. The maximum atomic E-state index is 4.62. The van der Waals surface area contributed by atoms with E-state index in [9.17, 15) is 0 Å². The van der Waals surface area contributed by atoms with Crippen LogP contribution in [0.3, 0.4) is 0 Å². The predicted octanol–water partition coefficient (Wildman–Crippen LogP) is 8.38. The zero-order valence-electron chi connectivity index (χ0n) is 23.9. The van der Waals surface area contributed by atoms with Crippen molar-refractivity contribution in [2.45, 2.75) is 0 Å². The van der Waals surface area contributed by atoms with Gasteiger partial charge in [0.2, 0.25) is 0 Å². The zero-order valence-corrected chi connectivity index (χ0v) is 23.9. The van der Waals surface area contributed by atoms with E-state index in [1.807, 2.05) is 36.9 Å². The minimum atomic E-state index is 0.0903. The number of benzene rings is 5. The molecule has 9 rings (SSSR count). The summed E-state index contributed by atoms with van der Waals surface area (Å²) >= 11 is 0. The lowest BCUT2D eigenvalue weighted by Gasteiger charge is -2.43. The van der Waals surface area contributed by atoms with E-state index >= 15 is 0 Å². The van der Waals surface area contributed by atoms with Gasteiger partial charge in [-0.15, -0.1) is 0 Å². The number of hydrogen-bond acceptors (Lipinski definition) is 3. The first-order valence-electron chi connectivity index (χ1n) is 15.0. The lowest BCUT2D eigenvalue weighted by atomic mass is 9.43. The van der Waals surface area contributed by atoms with E-state index in [0.717, 1.165) is 22.3 Å². The second-order valence-electron chi connectivity index (χ2n) is 11.5. The molecule has 0 radical (unpaired) electrons. The molecule has 0 bridgehead atoms. The largest absolute Gasteiger partial charge is 0.376 e. The molecule has 0 saturated carbocycles. The van der Waals surface area contributed by atoms with Crippen LogP contribution in [0.5, 0.6) is 0 Å². The molecule has 44 heavy (non-hydrogen) atoms. The maximum absolute atomic E-state index is 4.62. The fourth-order valence-electron chi connectivity index (χ4n) is 7.03. The molecule has 2 aliphatic rings. The molecule has 4 heterocycles. The lowest BCUT2D eigenvalue weighted by Crippen LogP contribution is -2.59. The average Bonchev–Trinajstić information content (AvgIpc) is 3.12. The van der Waals surface area contributed by atoms with Crippen molar-refractivity contribution in [2.24, 2.45) is 0 Å². The minimum absolute atomic E-state index is 0.0903. The highest BCUT2D eigenvalue weighted by molar-refractivity contribution is 6.92. The zero-order chi connectivity index (χ0) is 29.0. The highest BCUT2D eigenvalue weighted by Gasteiger charge is 2.42. The molecule has 0 aliphatic carbocycles. The van der Waals surface area contributed by atoms with Crippen molar-refractivity contribution < 1.29 is 0 Å². The van der Waals surface area contributed by atoms with Crippen molar-refractivity contribution in [3.8, 4) is 55.6 Å². The molecular weight excluding hydrogens is 533 g/mol. The first kappa shape index (κ1) is 24.8. The van der Waals surface area contributed by atoms with Crippen LogP contribution in [0, 0.1) is 0 Å². The minimum Gasteiger partial charge on any atom is -0.376 e. The second-order valence-corrected chi connectivity index (χ2v) is 11.5. The van der Waals surface area contributed by atoms with E-state index in [2.05, 4.69) is 136 Å². The van der Waals surface area contributed by atoms with Crippen molar-refractivity contribution >= 4 is 29.1 Å². The predicted molar refractivity (Wildman–Crippen MR) is 183 cm³/mol. The molecule has 7 aromatic rings. The monoisotopic (exact) mass is 559 g/mol. The van der Waals surface area contributed by atoms with Gasteiger partial charge in [0.15, 0.2) is 0 Å². The van der Waals surface area contributed by atoms with Gasteiger partial charge >= 0.3 is 6.85 Å². The van der Waals surface area contributed by atoms with Crippen molar-refractivity contribution in [1.82, 2.24) is 9.97 Å². The summed E-state index contributed by atoms with van der Waals surface area (Å²) in [5.74, 6) is 0. The average molecular weight is 559 g/mol.